The normalized spacial score (nSPS) is 12.0. The van der Waals surface area contributed by atoms with Gasteiger partial charge in [0.15, 0.2) is 5.16 Å². The molecule has 2 heterocycles. The van der Waals surface area contributed by atoms with Gasteiger partial charge in [-0.1, -0.05) is 30.0 Å². The second-order valence-electron chi connectivity index (χ2n) is 4.42. The van der Waals surface area contributed by atoms with Crippen molar-refractivity contribution >= 4 is 22.8 Å². The highest BCUT2D eigenvalue weighted by Gasteiger charge is 2.30. The fourth-order valence-electron chi connectivity index (χ4n) is 1.89. The number of thioether (sulfide) groups is 1. The van der Waals surface area contributed by atoms with Crippen LogP contribution in [0.15, 0.2) is 47.9 Å². The molecule has 0 atom stereocenters. The highest BCUT2D eigenvalue weighted by molar-refractivity contribution is 7.98. The molecular formula is C14H10F3N3S. The molecule has 3 nitrogen and oxygen atoms in total. The van der Waals surface area contributed by atoms with Crippen LogP contribution in [0.2, 0.25) is 0 Å². The van der Waals surface area contributed by atoms with Gasteiger partial charge >= 0.3 is 6.18 Å². The minimum Gasteiger partial charge on any atom is -0.332 e. The van der Waals surface area contributed by atoms with Crippen molar-refractivity contribution < 1.29 is 13.2 Å². The summed E-state index contributed by atoms with van der Waals surface area (Å²) in [6, 6.07) is 7.10. The van der Waals surface area contributed by atoms with Crippen LogP contribution in [-0.2, 0) is 11.9 Å². The van der Waals surface area contributed by atoms with Crippen LogP contribution in [-0.4, -0.2) is 15.0 Å². The van der Waals surface area contributed by atoms with Crippen LogP contribution in [0.1, 0.15) is 11.1 Å². The summed E-state index contributed by atoms with van der Waals surface area (Å²) in [5.41, 5.74) is 1.57. The van der Waals surface area contributed by atoms with E-state index in [1.807, 2.05) is 0 Å². The fourth-order valence-corrected chi connectivity index (χ4v) is 2.72. The third-order valence-corrected chi connectivity index (χ3v) is 3.84. The van der Waals surface area contributed by atoms with Gasteiger partial charge in [0.05, 0.1) is 22.8 Å². The van der Waals surface area contributed by atoms with E-state index in [0.29, 0.717) is 16.5 Å². The third-order valence-electron chi connectivity index (χ3n) is 2.89. The van der Waals surface area contributed by atoms with Crippen molar-refractivity contribution in [1.82, 2.24) is 15.0 Å². The number of imidazole rings is 1. The number of aromatic amines is 1. The number of benzene rings is 1. The van der Waals surface area contributed by atoms with Crippen molar-refractivity contribution in [1.29, 1.82) is 0 Å². The van der Waals surface area contributed by atoms with Crippen LogP contribution >= 0.6 is 11.8 Å². The first-order valence-corrected chi connectivity index (χ1v) is 7.09. The molecule has 7 heteroatoms. The maximum Gasteiger partial charge on any atom is 0.416 e. The number of H-pyrrole nitrogens is 1. The van der Waals surface area contributed by atoms with E-state index >= 15 is 0 Å². The van der Waals surface area contributed by atoms with E-state index in [0.717, 1.165) is 23.2 Å². The van der Waals surface area contributed by atoms with Gasteiger partial charge in [-0.15, -0.1) is 0 Å². The summed E-state index contributed by atoms with van der Waals surface area (Å²) in [7, 11) is 0. The van der Waals surface area contributed by atoms with E-state index in [-0.39, 0.29) is 0 Å². The second kappa shape index (κ2) is 5.40. The Morgan fingerprint density at radius 2 is 2.05 bits per heavy atom. The highest BCUT2D eigenvalue weighted by Crippen LogP contribution is 2.31. The molecular weight excluding hydrogens is 299 g/mol. The van der Waals surface area contributed by atoms with Gasteiger partial charge in [0.1, 0.15) is 0 Å². The van der Waals surface area contributed by atoms with Crippen molar-refractivity contribution in [3.8, 4) is 0 Å². The van der Waals surface area contributed by atoms with Gasteiger partial charge < -0.3 is 4.98 Å². The summed E-state index contributed by atoms with van der Waals surface area (Å²) < 4.78 is 37.9. The molecule has 0 radical (unpaired) electrons. The van der Waals surface area contributed by atoms with Crippen LogP contribution in [0.3, 0.4) is 0 Å². The number of pyridine rings is 1. The lowest BCUT2D eigenvalue weighted by atomic mass is 10.1. The molecule has 21 heavy (non-hydrogen) atoms. The molecule has 3 aromatic rings. The number of hydrogen-bond acceptors (Lipinski definition) is 3. The largest absolute Gasteiger partial charge is 0.416 e. The first kappa shape index (κ1) is 13.9. The molecule has 3 rings (SSSR count). The van der Waals surface area contributed by atoms with Gasteiger partial charge in [0.2, 0.25) is 0 Å². The summed E-state index contributed by atoms with van der Waals surface area (Å²) >= 11 is 1.36. The Morgan fingerprint density at radius 3 is 2.81 bits per heavy atom. The van der Waals surface area contributed by atoms with Gasteiger partial charge in [-0.2, -0.15) is 13.2 Å². The van der Waals surface area contributed by atoms with E-state index in [1.54, 1.807) is 24.5 Å². The minimum absolute atomic E-state index is 0.414. The zero-order valence-electron chi connectivity index (χ0n) is 10.7. The molecule has 0 saturated heterocycles. The molecule has 1 aromatic carbocycles. The summed E-state index contributed by atoms with van der Waals surface area (Å²) in [4.78, 5) is 11.4. The first-order valence-electron chi connectivity index (χ1n) is 6.11. The summed E-state index contributed by atoms with van der Waals surface area (Å²) in [6.45, 7) is 0. The predicted octanol–water partition coefficient (Wildman–Crippen LogP) is 4.27. The first-order chi connectivity index (χ1) is 10.0. The fraction of sp³-hybridized carbons (Fsp3) is 0.143. The van der Waals surface area contributed by atoms with Gasteiger partial charge in [-0.3, -0.25) is 4.98 Å². The molecule has 0 bridgehead atoms. The van der Waals surface area contributed by atoms with Crippen LogP contribution in [0.25, 0.3) is 11.0 Å². The lowest BCUT2D eigenvalue weighted by molar-refractivity contribution is -0.137. The number of nitrogens with zero attached hydrogens (tertiary/aromatic N) is 2. The number of rotatable bonds is 3. The zero-order valence-corrected chi connectivity index (χ0v) is 11.5. The van der Waals surface area contributed by atoms with Gasteiger partial charge in [-0.05, 0) is 17.7 Å². The minimum atomic E-state index is -4.31. The number of halogens is 3. The Kier molecular flexibility index (Phi) is 3.59. The molecule has 108 valence electrons. The Hall–Kier alpha value is -2.02. The summed E-state index contributed by atoms with van der Waals surface area (Å²) in [5.74, 6) is 0.414. The predicted molar refractivity (Wildman–Crippen MR) is 74.9 cm³/mol. The van der Waals surface area contributed by atoms with Crippen molar-refractivity contribution in [2.75, 3.05) is 0 Å². The number of fused-ring (bicyclic) bond motifs is 1. The molecule has 2 aromatic heterocycles. The topological polar surface area (TPSA) is 41.6 Å². The Balaban J connectivity index is 1.75. The average molecular weight is 309 g/mol. The SMILES string of the molecule is FC(F)(F)c1cccc(CSc2nc3ccncc3[nH]2)c1. The smallest absolute Gasteiger partial charge is 0.332 e. The number of alkyl halides is 3. The van der Waals surface area contributed by atoms with Crippen LogP contribution in [0.4, 0.5) is 13.2 Å². The number of aromatic nitrogens is 3. The molecule has 0 aliphatic rings. The Labute approximate surface area is 122 Å². The summed E-state index contributed by atoms with van der Waals surface area (Å²) in [6.07, 6.45) is -1.01. The van der Waals surface area contributed by atoms with Crippen LogP contribution in [0, 0.1) is 0 Å². The van der Waals surface area contributed by atoms with E-state index in [2.05, 4.69) is 15.0 Å². The van der Waals surface area contributed by atoms with E-state index in [9.17, 15) is 13.2 Å². The standard InChI is InChI=1S/C14H10F3N3S/c15-14(16,17)10-3-1-2-9(6-10)8-21-13-19-11-4-5-18-7-12(11)20-13/h1-7H,8H2,(H,19,20). The molecule has 0 aliphatic heterocycles. The summed E-state index contributed by atoms with van der Waals surface area (Å²) in [5, 5.41) is 0.662. The van der Waals surface area contributed by atoms with Crippen molar-refractivity contribution in [3.63, 3.8) is 0 Å². The van der Waals surface area contributed by atoms with E-state index < -0.39 is 11.7 Å². The maximum absolute atomic E-state index is 12.6. The van der Waals surface area contributed by atoms with Gasteiger partial charge in [-0.25, -0.2) is 4.98 Å². The molecule has 0 spiro atoms. The molecule has 0 aliphatic carbocycles. The van der Waals surface area contributed by atoms with Crippen molar-refractivity contribution in [2.24, 2.45) is 0 Å². The highest BCUT2D eigenvalue weighted by atomic mass is 32.2. The monoisotopic (exact) mass is 309 g/mol. The Morgan fingerprint density at radius 1 is 1.19 bits per heavy atom. The van der Waals surface area contributed by atoms with Crippen LogP contribution < -0.4 is 0 Å². The van der Waals surface area contributed by atoms with E-state index in [1.165, 1.54) is 17.8 Å². The average Bonchev–Trinajstić information content (AvgIpc) is 2.87. The quantitative estimate of drug-likeness (QED) is 0.735. The van der Waals surface area contributed by atoms with Gasteiger partial charge in [0.25, 0.3) is 0 Å². The lowest BCUT2D eigenvalue weighted by Gasteiger charge is -2.07. The maximum atomic E-state index is 12.6. The van der Waals surface area contributed by atoms with Crippen molar-refractivity contribution in [3.05, 3.63) is 53.9 Å². The third kappa shape index (κ3) is 3.18. The molecule has 0 unspecified atom stereocenters. The molecule has 0 fully saturated rings. The second-order valence-corrected chi connectivity index (χ2v) is 5.39. The van der Waals surface area contributed by atoms with Crippen molar-refractivity contribution in [2.45, 2.75) is 17.1 Å². The van der Waals surface area contributed by atoms with Gasteiger partial charge in [0, 0.05) is 11.9 Å². The van der Waals surface area contributed by atoms with Crippen LogP contribution in [0.5, 0.6) is 0 Å². The Bertz CT molecular complexity index is 734. The van der Waals surface area contributed by atoms with E-state index in [4.69, 9.17) is 0 Å². The zero-order chi connectivity index (χ0) is 14.9. The molecule has 0 saturated carbocycles. The lowest BCUT2D eigenvalue weighted by Crippen LogP contribution is -2.04. The molecule has 0 amide bonds. The number of hydrogen-bond donors (Lipinski definition) is 1. The number of nitrogens with one attached hydrogen (secondary N) is 1. The molecule has 1 N–H and O–H groups in total.